The number of hydrogen-bond acceptors (Lipinski definition) is 5. The van der Waals surface area contributed by atoms with Crippen molar-refractivity contribution in [3.05, 3.63) is 0 Å². The van der Waals surface area contributed by atoms with E-state index >= 15 is 0 Å². The molecule has 0 atom stereocenters. The maximum absolute atomic E-state index is 11.4. The van der Waals surface area contributed by atoms with Crippen molar-refractivity contribution in [1.29, 1.82) is 0 Å². The Morgan fingerprint density at radius 1 is 0.889 bits per heavy atom. The van der Waals surface area contributed by atoms with Crippen LogP contribution in [-0.4, -0.2) is 34.4 Å². The second-order valence-corrected chi connectivity index (χ2v) is 6.23. The summed E-state index contributed by atoms with van der Waals surface area (Å²) in [4.78, 5) is 22.8. The molecule has 0 aliphatic heterocycles. The van der Waals surface area contributed by atoms with Crippen LogP contribution in [0.3, 0.4) is 0 Å². The summed E-state index contributed by atoms with van der Waals surface area (Å²) in [5.41, 5.74) is -1.19. The van der Waals surface area contributed by atoms with Crippen molar-refractivity contribution in [2.45, 2.75) is 71.7 Å². The van der Waals surface area contributed by atoms with Gasteiger partial charge >= 0.3 is 11.9 Å². The fourth-order valence-electron chi connectivity index (χ4n) is 1.22. The molecule has 0 aromatic carbocycles. The van der Waals surface area contributed by atoms with Gasteiger partial charge in [0.2, 0.25) is 0 Å². The van der Waals surface area contributed by atoms with Crippen molar-refractivity contribution in [2.75, 3.05) is 0 Å². The van der Waals surface area contributed by atoms with Gasteiger partial charge in [-0.05, 0) is 41.5 Å². The largest absolute Gasteiger partial charge is 0.460 e. The Bertz CT molecular complexity index is 265. The summed E-state index contributed by atoms with van der Waals surface area (Å²) < 4.78 is 10.1. The average Bonchev–Trinajstić information content (AvgIpc) is 1.92. The third-order valence-electron chi connectivity index (χ3n) is 1.64. The molecule has 0 aliphatic carbocycles. The Hall–Kier alpha value is -1.10. The van der Waals surface area contributed by atoms with E-state index < -0.39 is 29.2 Å². The van der Waals surface area contributed by atoms with Crippen LogP contribution in [0.4, 0.5) is 0 Å². The number of carbonyl (C=O) groups excluding carboxylic acids is 2. The molecule has 0 saturated heterocycles. The van der Waals surface area contributed by atoms with Gasteiger partial charge in [0.05, 0.1) is 18.9 Å². The Morgan fingerprint density at radius 3 is 1.39 bits per heavy atom. The molecule has 0 unspecified atom stereocenters. The highest BCUT2D eigenvalue weighted by Gasteiger charge is 2.23. The molecule has 0 aliphatic rings. The lowest BCUT2D eigenvalue weighted by atomic mass is 10.1. The number of carbonyl (C=O) groups is 2. The average molecular weight is 260 g/mol. The lowest BCUT2D eigenvalue weighted by Crippen LogP contribution is -2.29. The molecule has 0 bridgehead atoms. The molecule has 0 fully saturated rings. The number of hydrogen-bond donors (Lipinski definition) is 1. The Labute approximate surface area is 108 Å². The van der Waals surface area contributed by atoms with Crippen molar-refractivity contribution < 1.29 is 24.2 Å². The van der Waals surface area contributed by atoms with Crippen molar-refractivity contribution >= 4 is 11.9 Å². The molecule has 0 amide bonds. The highest BCUT2D eigenvalue weighted by atomic mass is 16.6. The smallest absolute Gasteiger partial charge is 0.308 e. The second-order valence-electron chi connectivity index (χ2n) is 6.23. The van der Waals surface area contributed by atoms with Gasteiger partial charge in [0, 0.05) is 0 Å². The summed E-state index contributed by atoms with van der Waals surface area (Å²) in [7, 11) is 0. The highest BCUT2D eigenvalue weighted by Crippen LogP contribution is 2.13. The molecule has 18 heavy (non-hydrogen) atoms. The minimum Gasteiger partial charge on any atom is -0.460 e. The highest BCUT2D eigenvalue weighted by molar-refractivity contribution is 5.74. The fraction of sp³-hybridized carbons (Fsp3) is 0.846. The number of ether oxygens (including phenoxy) is 2. The van der Waals surface area contributed by atoms with E-state index in [9.17, 15) is 14.7 Å². The first-order valence-corrected chi connectivity index (χ1v) is 6.01. The molecule has 0 rings (SSSR count). The normalized spacial score (nSPS) is 12.4. The molecule has 0 radical (unpaired) electrons. The first-order valence-electron chi connectivity index (χ1n) is 6.01. The lowest BCUT2D eigenvalue weighted by Gasteiger charge is -2.22. The summed E-state index contributed by atoms with van der Waals surface area (Å²) in [6.45, 7) is 10.4. The van der Waals surface area contributed by atoms with Gasteiger partial charge in [-0.15, -0.1) is 0 Å². The van der Waals surface area contributed by atoms with Gasteiger partial charge in [0.25, 0.3) is 0 Å². The third-order valence-corrected chi connectivity index (χ3v) is 1.64. The van der Waals surface area contributed by atoms with Crippen molar-refractivity contribution in [1.82, 2.24) is 0 Å². The first kappa shape index (κ1) is 16.9. The summed E-state index contributed by atoms with van der Waals surface area (Å²) in [6, 6.07) is 0. The monoisotopic (exact) mass is 260 g/mol. The molecule has 106 valence electrons. The van der Waals surface area contributed by atoms with Gasteiger partial charge < -0.3 is 14.6 Å². The topological polar surface area (TPSA) is 72.8 Å². The Morgan fingerprint density at radius 2 is 1.17 bits per heavy atom. The van der Waals surface area contributed by atoms with Crippen LogP contribution in [0.5, 0.6) is 0 Å². The first-order chi connectivity index (χ1) is 7.89. The summed E-state index contributed by atoms with van der Waals surface area (Å²) in [5.74, 6) is -1.06. The van der Waals surface area contributed by atoms with E-state index in [2.05, 4.69) is 0 Å². The fourth-order valence-corrected chi connectivity index (χ4v) is 1.22. The SMILES string of the molecule is CC(C)(C)OC(=O)CC(O)CC(=O)OC(C)(C)C. The molecule has 5 nitrogen and oxygen atoms in total. The summed E-state index contributed by atoms with van der Waals surface area (Å²) in [6.07, 6.45) is -1.50. The van der Waals surface area contributed by atoms with Gasteiger partial charge in [-0.25, -0.2) is 0 Å². The number of rotatable bonds is 4. The molecule has 0 heterocycles. The van der Waals surface area contributed by atoms with E-state index in [1.807, 2.05) is 0 Å². The van der Waals surface area contributed by atoms with Gasteiger partial charge in [0.15, 0.2) is 0 Å². The molecule has 0 aromatic heterocycles. The standard InChI is InChI=1S/C13H24O5/c1-12(2,3)17-10(15)7-9(14)8-11(16)18-13(4,5)6/h9,14H,7-8H2,1-6H3. The van der Waals surface area contributed by atoms with Crippen LogP contribution in [0, 0.1) is 0 Å². The molecule has 0 aromatic rings. The van der Waals surface area contributed by atoms with Crippen LogP contribution in [0.15, 0.2) is 0 Å². The van der Waals surface area contributed by atoms with Gasteiger partial charge in [0.1, 0.15) is 11.2 Å². The number of aliphatic hydroxyl groups is 1. The quantitative estimate of drug-likeness (QED) is 0.780. The third kappa shape index (κ3) is 10.1. The van der Waals surface area contributed by atoms with Crippen LogP contribution >= 0.6 is 0 Å². The maximum Gasteiger partial charge on any atom is 0.308 e. The molecular weight excluding hydrogens is 236 g/mol. The van der Waals surface area contributed by atoms with Crippen LogP contribution in [0.1, 0.15) is 54.4 Å². The van der Waals surface area contributed by atoms with Crippen molar-refractivity contribution in [2.24, 2.45) is 0 Å². The molecule has 5 heteroatoms. The minimum atomic E-state index is -1.07. The molecular formula is C13H24O5. The van der Waals surface area contributed by atoms with Crippen LogP contribution < -0.4 is 0 Å². The molecule has 1 N–H and O–H groups in total. The minimum absolute atomic E-state index is 0.212. The molecule has 0 spiro atoms. The molecule has 0 saturated carbocycles. The van der Waals surface area contributed by atoms with Gasteiger partial charge in [-0.2, -0.15) is 0 Å². The number of esters is 2. The van der Waals surface area contributed by atoms with E-state index in [0.29, 0.717) is 0 Å². The Kier molecular flexibility index (Phi) is 5.80. The van der Waals surface area contributed by atoms with Crippen LogP contribution in [0.25, 0.3) is 0 Å². The lowest BCUT2D eigenvalue weighted by molar-refractivity contribution is -0.160. The number of aliphatic hydroxyl groups excluding tert-OH is 1. The van der Waals surface area contributed by atoms with Gasteiger partial charge in [-0.1, -0.05) is 0 Å². The van der Waals surface area contributed by atoms with Crippen molar-refractivity contribution in [3.8, 4) is 0 Å². The van der Waals surface area contributed by atoms with E-state index in [0.717, 1.165) is 0 Å². The second kappa shape index (κ2) is 6.18. The van der Waals surface area contributed by atoms with E-state index in [-0.39, 0.29) is 12.8 Å². The van der Waals surface area contributed by atoms with Crippen LogP contribution in [-0.2, 0) is 19.1 Å². The zero-order chi connectivity index (χ0) is 14.6. The van der Waals surface area contributed by atoms with Crippen molar-refractivity contribution in [3.63, 3.8) is 0 Å². The van der Waals surface area contributed by atoms with E-state index in [4.69, 9.17) is 9.47 Å². The summed E-state index contributed by atoms with van der Waals surface area (Å²) >= 11 is 0. The predicted molar refractivity (Wildman–Crippen MR) is 66.9 cm³/mol. The van der Waals surface area contributed by atoms with E-state index in [1.54, 1.807) is 41.5 Å². The Balaban J connectivity index is 4.08. The van der Waals surface area contributed by atoms with E-state index in [1.165, 1.54) is 0 Å². The predicted octanol–water partition coefficient (Wildman–Crippen LogP) is 1.81. The van der Waals surface area contributed by atoms with Gasteiger partial charge in [-0.3, -0.25) is 9.59 Å². The maximum atomic E-state index is 11.4. The zero-order valence-electron chi connectivity index (χ0n) is 12.1. The summed E-state index contributed by atoms with van der Waals surface area (Å²) in [5, 5.41) is 9.58. The zero-order valence-corrected chi connectivity index (χ0v) is 12.1. The van der Waals surface area contributed by atoms with Crippen LogP contribution in [0.2, 0.25) is 0 Å².